The van der Waals surface area contributed by atoms with Gasteiger partial charge in [-0.2, -0.15) is 0 Å². The third-order valence-electron chi connectivity index (χ3n) is 2.37. The van der Waals surface area contributed by atoms with E-state index in [1.54, 1.807) is 5.57 Å². The monoisotopic (exact) mass is 162 g/mol. The van der Waals surface area contributed by atoms with Crippen LogP contribution in [0.2, 0.25) is 0 Å². The first-order valence-electron chi connectivity index (χ1n) is 4.81. The molecule has 0 aliphatic heterocycles. The maximum absolute atomic E-state index is 3.59. The van der Waals surface area contributed by atoms with Crippen LogP contribution in [0.5, 0.6) is 0 Å². The van der Waals surface area contributed by atoms with Crippen molar-refractivity contribution in [2.24, 2.45) is 11.8 Å². The number of allylic oxidation sites excluding steroid dienone is 3. The Morgan fingerprint density at radius 3 is 2.92 bits per heavy atom. The van der Waals surface area contributed by atoms with E-state index in [2.05, 4.69) is 38.3 Å². The Labute approximate surface area is 75.7 Å². The maximum Gasteiger partial charge on any atom is -0.00886 e. The molecular weight excluding hydrogens is 144 g/mol. The second kappa shape index (κ2) is 4.33. The zero-order valence-corrected chi connectivity index (χ0v) is 8.14. The molecular formula is C12H18. The molecule has 2 unspecified atom stereocenters. The van der Waals surface area contributed by atoms with E-state index >= 15 is 0 Å². The smallest absolute Gasteiger partial charge is 0.00886 e. The Balaban J connectivity index is 2.34. The van der Waals surface area contributed by atoms with Crippen LogP contribution in [0.3, 0.4) is 0 Å². The van der Waals surface area contributed by atoms with Gasteiger partial charge in [0.25, 0.3) is 0 Å². The van der Waals surface area contributed by atoms with Crippen LogP contribution in [0.25, 0.3) is 0 Å². The van der Waals surface area contributed by atoms with Gasteiger partial charge in [-0.05, 0) is 37.7 Å². The van der Waals surface area contributed by atoms with Crippen molar-refractivity contribution in [1.82, 2.24) is 0 Å². The normalized spacial score (nSPS) is 28.0. The van der Waals surface area contributed by atoms with Gasteiger partial charge in [0.15, 0.2) is 0 Å². The maximum atomic E-state index is 3.59. The summed E-state index contributed by atoms with van der Waals surface area (Å²) >= 11 is 0. The Bertz CT molecular complexity index is 216. The minimum Gasteiger partial charge on any atom is -0.133 e. The van der Waals surface area contributed by atoms with E-state index in [1.165, 1.54) is 19.3 Å². The van der Waals surface area contributed by atoms with Crippen molar-refractivity contribution in [2.75, 3.05) is 0 Å². The molecule has 1 rings (SSSR count). The van der Waals surface area contributed by atoms with E-state index < -0.39 is 0 Å². The lowest BCUT2D eigenvalue weighted by molar-refractivity contribution is 0.879. The van der Waals surface area contributed by atoms with Gasteiger partial charge in [-0.25, -0.2) is 0 Å². The average molecular weight is 162 g/mol. The summed E-state index contributed by atoms with van der Waals surface area (Å²) < 4.78 is 0. The molecule has 0 saturated heterocycles. The second-order valence-corrected chi connectivity index (χ2v) is 3.70. The van der Waals surface area contributed by atoms with Gasteiger partial charge in [-0.3, -0.25) is 0 Å². The van der Waals surface area contributed by atoms with Crippen LogP contribution in [0, 0.1) is 11.8 Å². The fourth-order valence-electron chi connectivity index (χ4n) is 1.61. The summed E-state index contributed by atoms with van der Waals surface area (Å²) in [6.07, 6.45) is 8.34. The first-order chi connectivity index (χ1) is 5.77. The van der Waals surface area contributed by atoms with Gasteiger partial charge < -0.3 is 0 Å². The molecule has 0 amide bonds. The van der Waals surface area contributed by atoms with Crippen LogP contribution in [0.15, 0.2) is 30.0 Å². The molecule has 0 bridgehead atoms. The molecule has 0 aromatic carbocycles. The van der Waals surface area contributed by atoms with Gasteiger partial charge in [0.05, 0.1) is 0 Å². The van der Waals surface area contributed by atoms with Crippen LogP contribution < -0.4 is 0 Å². The Morgan fingerprint density at radius 1 is 1.58 bits per heavy atom. The molecule has 0 heterocycles. The molecule has 0 aromatic rings. The van der Waals surface area contributed by atoms with Crippen LogP contribution in [0.4, 0.5) is 0 Å². The lowest BCUT2D eigenvalue weighted by Crippen LogP contribution is -1.78. The van der Waals surface area contributed by atoms with E-state index in [0.717, 1.165) is 11.8 Å². The van der Waals surface area contributed by atoms with E-state index in [1.807, 2.05) is 0 Å². The summed E-state index contributed by atoms with van der Waals surface area (Å²) in [5.74, 6) is 1.54. The zero-order chi connectivity index (χ0) is 8.97. The van der Waals surface area contributed by atoms with Crippen molar-refractivity contribution in [3.05, 3.63) is 30.0 Å². The van der Waals surface area contributed by atoms with Crippen molar-refractivity contribution >= 4 is 0 Å². The van der Waals surface area contributed by atoms with Crippen LogP contribution in [0.1, 0.15) is 33.1 Å². The first kappa shape index (κ1) is 9.35. The molecule has 1 saturated carbocycles. The van der Waals surface area contributed by atoms with Crippen molar-refractivity contribution < 1.29 is 0 Å². The SMILES string of the molecule is C=C=CC1CC1C=C(C)CCC. The fourth-order valence-corrected chi connectivity index (χ4v) is 1.61. The van der Waals surface area contributed by atoms with Gasteiger partial charge in [0.1, 0.15) is 0 Å². The number of rotatable bonds is 4. The average Bonchev–Trinajstić information content (AvgIpc) is 2.69. The standard InChI is InChI=1S/C12H18/c1-4-6-10(3)8-12-9-11(12)7-5-2/h7-8,11-12H,2,4,6,9H2,1,3H3. The molecule has 0 aromatic heterocycles. The lowest BCUT2D eigenvalue weighted by Gasteiger charge is -1.95. The van der Waals surface area contributed by atoms with E-state index in [4.69, 9.17) is 0 Å². The molecule has 0 radical (unpaired) electrons. The molecule has 0 heteroatoms. The molecule has 0 nitrogen and oxygen atoms in total. The van der Waals surface area contributed by atoms with Crippen LogP contribution in [-0.4, -0.2) is 0 Å². The lowest BCUT2D eigenvalue weighted by atomic mass is 10.1. The molecule has 66 valence electrons. The van der Waals surface area contributed by atoms with Gasteiger partial charge in [-0.1, -0.05) is 31.6 Å². The summed E-state index contributed by atoms with van der Waals surface area (Å²) in [7, 11) is 0. The molecule has 1 aliphatic carbocycles. The predicted octanol–water partition coefficient (Wildman–Crippen LogP) is 3.71. The minimum absolute atomic E-state index is 0.745. The highest BCUT2D eigenvalue weighted by Crippen LogP contribution is 2.41. The second-order valence-electron chi connectivity index (χ2n) is 3.70. The van der Waals surface area contributed by atoms with Crippen molar-refractivity contribution in [3.8, 4) is 0 Å². The van der Waals surface area contributed by atoms with E-state index in [0.29, 0.717) is 0 Å². The topological polar surface area (TPSA) is 0 Å². The Hall–Kier alpha value is -0.740. The van der Waals surface area contributed by atoms with Crippen molar-refractivity contribution in [3.63, 3.8) is 0 Å². The third kappa shape index (κ3) is 2.71. The third-order valence-corrected chi connectivity index (χ3v) is 2.37. The van der Waals surface area contributed by atoms with Gasteiger partial charge >= 0.3 is 0 Å². The van der Waals surface area contributed by atoms with E-state index in [9.17, 15) is 0 Å². The molecule has 1 aliphatic rings. The number of hydrogen-bond donors (Lipinski definition) is 0. The highest BCUT2D eigenvalue weighted by atomic mass is 14.4. The minimum atomic E-state index is 0.745. The molecule has 0 spiro atoms. The predicted molar refractivity (Wildman–Crippen MR) is 54.0 cm³/mol. The van der Waals surface area contributed by atoms with E-state index in [-0.39, 0.29) is 0 Å². The highest BCUT2D eigenvalue weighted by Gasteiger charge is 2.32. The van der Waals surface area contributed by atoms with Gasteiger partial charge in [0, 0.05) is 0 Å². The van der Waals surface area contributed by atoms with Crippen molar-refractivity contribution in [1.29, 1.82) is 0 Å². The van der Waals surface area contributed by atoms with Crippen LogP contribution in [-0.2, 0) is 0 Å². The summed E-state index contributed by atoms with van der Waals surface area (Å²) in [5, 5.41) is 0. The summed E-state index contributed by atoms with van der Waals surface area (Å²) in [5.41, 5.74) is 4.40. The zero-order valence-electron chi connectivity index (χ0n) is 8.14. The van der Waals surface area contributed by atoms with Crippen LogP contribution >= 0.6 is 0 Å². The molecule has 2 atom stereocenters. The largest absolute Gasteiger partial charge is 0.133 e. The van der Waals surface area contributed by atoms with Gasteiger partial charge in [-0.15, -0.1) is 5.73 Å². The quantitative estimate of drug-likeness (QED) is 0.436. The highest BCUT2D eigenvalue weighted by molar-refractivity contribution is 5.13. The fraction of sp³-hybridized carbons (Fsp3) is 0.583. The molecule has 0 N–H and O–H groups in total. The van der Waals surface area contributed by atoms with Crippen molar-refractivity contribution in [2.45, 2.75) is 33.1 Å². The number of hydrogen-bond acceptors (Lipinski definition) is 0. The Kier molecular flexibility index (Phi) is 3.37. The van der Waals surface area contributed by atoms with Gasteiger partial charge in [0.2, 0.25) is 0 Å². The Morgan fingerprint density at radius 2 is 2.33 bits per heavy atom. The molecule has 1 fully saturated rings. The summed E-state index contributed by atoms with van der Waals surface area (Å²) in [6, 6.07) is 0. The molecule has 12 heavy (non-hydrogen) atoms. The summed E-state index contributed by atoms with van der Waals surface area (Å²) in [4.78, 5) is 0. The first-order valence-corrected chi connectivity index (χ1v) is 4.81. The summed E-state index contributed by atoms with van der Waals surface area (Å²) in [6.45, 7) is 8.05.